The molecule has 1 N–H and O–H groups in total. The van der Waals surface area contributed by atoms with Crippen LogP contribution in [0.2, 0.25) is 0 Å². The zero-order valence-corrected chi connectivity index (χ0v) is 14.4. The highest BCUT2D eigenvalue weighted by Gasteiger charge is 2.25. The van der Waals surface area contributed by atoms with E-state index in [2.05, 4.69) is 10.2 Å². The van der Waals surface area contributed by atoms with Gasteiger partial charge in [0.15, 0.2) is 0 Å². The second-order valence-electron chi connectivity index (χ2n) is 6.61. The van der Waals surface area contributed by atoms with Crippen molar-refractivity contribution < 1.29 is 14.5 Å². The van der Waals surface area contributed by atoms with Crippen molar-refractivity contribution in [1.29, 1.82) is 0 Å². The lowest BCUT2D eigenvalue weighted by molar-refractivity contribution is -0.385. The maximum atomic E-state index is 12.4. The summed E-state index contributed by atoms with van der Waals surface area (Å²) in [7, 11) is 0. The predicted octanol–water partition coefficient (Wildman–Crippen LogP) is 2.23. The second-order valence-corrected chi connectivity index (χ2v) is 6.61. The molecule has 3 rings (SSSR count). The zero-order chi connectivity index (χ0) is 17.8. The van der Waals surface area contributed by atoms with Crippen LogP contribution >= 0.6 is 0 Å². The highest BCUT2D eigenvalue weighted by atomic mass is 16.6. The number of nitrogens with one attached hydrogen (secondary N) is 1. The van der Waals surface area contributed by atoms with E-state index in [1.165, 1.54) is 6.07 Å². The number of aryl methyl sites for hydroxylation is 1. The third-order valence-corrected chi connectivity index (χ3v) is 4.80. The molecule has 8 nitrogen and oxygen atoms in total. The van der Waals surface area contributed by atoms with Crippen LogP contribution in [0.4, 0.5) is 16.2 Å². The number of piperazine rings is 1. The Hall–Kier alpha value is -2.19. The van der Waals surface area contributed by atoms with Gasteiger partial charge in [-0.25, -0.2) is 4.79 Å². The number of ether oxygens (including phenoxy) is 1. The number of nitro benzene ring substituents is 1. The fourth-order valence-electron chi connectivity index (χ4n) is 3.30. The van der Waals surface area contributed by atoms with E-state index in [0.717, 1.165) is 39.1 Å². The summed E-state index contributed by atoms with van der Waals surface area (Å²) in [5, 5.41) is 13.8. The van der Waals surface area contributed by atoms with E-state index in [0.29, 0.717) is 30.4 Å². The van der Waals surface area contributed by atoms with E-state index in [-0.39, 0.29) is 11.7 Å². The van der Waals surface area contributed by atoms with Crippen LogP contribution in [-0.2, 0) is 4.74 Å². The summed E-state index contributed by atoms with van der Waals surface area (Å²) in [5.74, 6) is 0. The molecular formula is C17H24N4O4. The summed E-state index contributed by atoms with van der Waals surface area (Å²) < 4.78 is 5.66. The number of urea groups is 1. The van der Waals surface area contributed by atoms with Crippen molar-refractivity contribution >= 4 is 17.4 Å². The first-order valence-corrected chi connectivity index (χ1v) is 8.68. The van der Waals surface area contributed by atoms with Crippen LogP contribution in [0.5, 0.6) is 0 Å². The van der Waals surface area contributed by atoms with Gasteiger partial charge in [-0.1, -0.05) is 6.07 Å². The molecule has 2 aliphatic heterocycles. The molecule has 8 heteroatoms. The first-order valence-electron chi connectivity index (χ1n) is 8.68. The van der Waals surface area contributed by atoms with Crippen LogP contribution in [0.1, 0.15) is 18.4 Å². The van der Waals surface area contributed by atoms with Crippen molar-refractivity contribution in [2.75, 3.05) is 44.6 Å². The van der Waals surface area contributed by atoms with Gasteiger partial charge in [-0.2, -0.15) is 0 Å². The minimum absolute atomic E-state index is 0.0131. The van der Waals surface area contributed by atoms with Crippen LogP contribution < -0.4 is 5.32 Å². The predicted molar refractivity (Wildman–Crippen MR) is 93.8 cm³/mol. The quantitative estimate of drug-likeness (QED) is 0.666. The normalized spacial score (nSPS) is 21.3. The molecule has 0 aromatic heterocycles. The third kappa shape index (κ3) is 4.46. The molecule has 0 saturated carbocycles. The number of anilines is 1. The molecule has 136 valence electrons. The Morgan fingerprint density at radius 3 is 2.76 bits per heavy atom. The van der Waals surface area contributed by atoms with Crippen LogP contribution in [0.15, 0.2) is 18.2 Å². The van der Waals surface area contributed by atoms with Gasteiger partial charge in [-0.05, 0) is 25.8 Å². The summed E-state index contributed by atoms with van der Waals surface area (Å²) in [6, 6.07) is 4.53. The molecule has 1 atom stereocenters. The molecule has 0 bridgehead atoms. The lowest BCUT2D eigenvalue weighted by atomic mass is 10.2. The second kappa shape index (κ2) is 7.79. The van der Waals surface area contributed by atoms with Gasteiger partial charge in [0.1, 0.15) is 0 Å². The molecule has 2 amide bonds. The standard InChI is InChI=1S/C17H24N4O4/c1-13-4-5-14(11-16(13)21(23)24)18-17(22)20-8-6-19(7-9-20)12-15-3-2-10-25-15/h4-5,11,15H,2-3,6-10,12H2,1H3,(H,18,22)/t15-/m0/s1. The summed E-state index contributed by atoms with van der Waals surface area (Å²) in [4.78, 5) is 27.0. The van der Waals surface area contributed by atoms with Gasteiger partial charge >= 0.3 is 6.03 Å². The highest BCUT2D eigenvalue weighted by Crippen LogP contribution is 2.22. The Kier molecular flexibility index (Phi) is 5.50. The third-order valence-electron chi connectivity index (χ3n) is 4.80. The molecule has 2 saturated heterocycles. The van der Waals surface area contributed by atoms with Crippen molar-refractivity contribution in [3.05, 3.63) is 33.9 Å². The molecule has 1 aromatic carbocycles. The van der Waals surface area contributed by atoms with Crippen molar-refractivity contribution in [3.8, 4) is 0 Å². The average Bonchev–Trinajstić information content (AvgIpc) is 3.10. The van der Waals surface area contributed by atoms with Gasteiger partial charge < -0.3 is 15.0 Å². The van der Waals surface area contributed by atoms with Gasteiger partial charge in [-0.3, -0.25) is 15.0 Å². The Morgan fingerprint density at radius 2 is 2.12 bits per heavy atom. The molecule has 2 heterocycles. The number of hydrogen-bond donors (Lipinski definition) is 1. The number of carbonyl (C=O) groups excluding carboxylic acids is 1. The monoisotopic (exact) mass is 348 g/mol. The minimum atomic E-state index is -0.436. The lowest BCUT2D eigenvalue weighted by Gasteiger charge is -2.35. The number of carbonyl (C=O) groups is 1. The van der Waals surface area contributed by atoms with Crippen molar-refractivity contribution in [1.82, 2.24) is 9.80 Å². The Bertz CT molecular complexity index is 638. The van der Waals surface area contributed by atoms with Crippen LogP contribution in [0.25, 0.3) is 0 Å². The topological polar surface area (TPSA) is 88.0 Å². The molecule has 0 unspecified atom stereocenters. The molecular weight excluding hydrogens is 324 g/mol. The van der Waals surface area contributed by atoms with Gasteiger partial charge in [0, 0.05) is 56.6 Å². The number of amides is 2. The maximum Gasteiger partial charge on any atom is 0.321 e. The molecule has 0 spiro atoms. The fourth-order valence-corrected chi connectivity index (χ4v) is 3.30. The summed E-state index contributed by atoms with van der Waals surface area (Å²) in [5.41, 5.74) is 1.04. The first kappa shape index (κ1) is 17.6. The van der Waals surface area contributed by atoms with Crippen LogP contribution in [0.3, 0.4) is 0 Å². The molecule has 2 fully saturated rings. The number of nitrogens with zero attached hydrogens (tertiary/aromatic N) is 3. The van der Waals surface area contributed by atoms with Crippen LogP contribution in [-0.4, -0.2) is 66.2 Å². The Labute approximate surface area is 146 Å². The van der Waals surface area contributed by atoms with Crippen LogP contribution in [0, 0.1) is 17.0 Å². The molecule has 1 aromatic rings. The molecule has 25 heavy (non-hydrogen) atoms. The molecule has 2 aliphatic rings. The van der Waals surface area contributed by atoms with E-state index in [9.17, 15) is 14.9 Å². The summed E-state index contributed by atoms with van der Waals surface area (Å²) in [6.07, 6.45) is 2.58. The maximum absolute atomic E-state index is 12.4. The van der Waals surface area contributed by atoms with Gasteiger partial charge in [0.05, 0.1) is 11.0 Å². The summed E-state index contributed by atoms with van der Waals surface area (Å²) >= 11 is 0. The largest absolute Gasteiger partial charge is 0.377 e. The van der Waals surface area contributed by atoms with E-state index in [1.54, 1.807) is 24.0 Å². The van der Waals surface area contributed by atoms with Gasteiger partial charge in [0.25, 0.3) is 5.69 Å². The summed E-state index contributed by atoms with van der Waals surface area (Å²) in [6.45, 7) is 6.40. The Morgan fingerprint density at radius 1 is 1.36 bits per heavy atom. The average molecular weight is 348 g/mol. The smallest absolute Gasteiger partial charge is 0.321 e. The van der Waals surface area contributed by atoms with Crippen molar-refractivity contribution in [2.45, 2.75) is 25.9 Å². The van der Waals surface area contributed by atoms with Crippen molar-refractivity contribution in [3.63, 3.8) is 0 Å². The number of nitro groups is 1. The molecule has 0 aliphatic carbocycles. The number of hydrogen-bond acceptors (Lipinski definition) is 5. The van der Waals surface area contributed by atoms with E-state index < -0.39 is 4.92 Å². The van der Waals surface area contributed by atoms with E-state index in [4.69, 9.17) is 4.74 Å². The van der Waals surface area contributed by atoms with Gasteiger partial charge in [0.2, 0.25) is 0 Å². The number of rotatable bonds is 4. The lowest BCUT2D eigenvalue weighted by Crippen LogP contribution is -2.51. The zero-order valence-electron chi connectivity index (χ0n) is 14.4. The minimum Gasteiger partial charge on any atom is -0.377 e. The Balaban J connectivity index is 1.51. The van der Waals surface area contributed by atoms with E-state index >= 15 is 0 Å². The highest BCUT2D eigenvalue weighted by molar-refractivity contribution is 5.89. The number of benzene rings is 1. The van der Waals surface area contributed by atoms with Gasteiger partial charge in [-0.15, -0.1) is 0 Å². The SMILES string of the molecule is Cc1ccc(NC(=O)N2CCN(C[C@@H]3CCCO3)CC2)cc1[N+](=O)[O-]. The molecule has 0 radical (unpaired) electrons. The van der Waals surface area contributed by atoms with Crippen molar-refractivity contribution in [2.24, 2.45) is 0 Å². The first-order chi connectivity index (χ1) is 12.0. The van der Waals surface area contributed by atoms with E-state index in [1.807, 2.05) is 0 Å². The fraction of sp³-hybridized carbons (Fsp3) is 0.588.